The number of fused-ring (bicyclic) bond motifs is 3. The predicted octanol–water partition coefficient (Wildman–Crippen LogP) is 3.89. The van der Waals surface area contributed by atoms with E-state index in [0.717, 1.165) is 6.42 Å². The van der Waals surface area contributed by atoms with Crippen molar-refractivity contribution in [2.24, 2.45) is 0 Å². The largest absolute Gasteiger partial charge is 1.00 e. The summed E-state index contributed by atoms with van der Waals surface area (Å²) >= 11 is 1.55. The van der Waals surface area contributed by atoms with E-state index in [1.165, 1.54) is 55.0 Å². The first-order chi connectivity index (χ1) is 16.6. The zero-order chi connectivity index (χ0) is 27.3. The van der Waals surface area contributed by atoms with Gasteiger partial charge in [0.15, 0.2) is 0 Å². The second-order valence-electron chi connectivity index (χ2n) is 12.8. The van der Waals surface area contributed by atoms with Crippen LogP contribution in [0.25, 0.3) is 11.1 Å². The zero-order valence-corrected chi connectivity index (χ0v) is 29.5. The Hall–Kier alpha value is -0.877. The Bertz CT molecular complexity index is 1070. The smallest absolute Gasteiger partial charge is 1.00 e. The van der Waals surface area contributed by atoms with Crippen molar-refractivity contribution in [3.63, 3.8) is 0 Å². The first-order valence-electron chi connectivity index (χ1n) is 13.5. The van der Waals surface area contributed by atoms with E-state index in [4.69, 9.17) is 0 Å². The van der Waals surface area contributed by atoms with E-state index in [-0.39, 0.29) is 35.6 Å². The van der Waals surface area contributed by atoms with Crippen molar-refractivity contribution in [2.75, 3.05) is 0 Å². The molecule has 0 fully saturated rings. The Labute approximate surface area is 261 Å². The Morgan fingerprint density at radius 1 is 0.816 bits per heavy atom. The van der Waals surface area contributed by atoms with Gasteiger partial charge in [-0.3, -0.25) is 0 Å². The molecule has 4 rings (SSSR count). The molecule has 0 atom stereocenters. The molecule has 208 valence electrons. The fraction of sp³-hybridized carbons (Fsp3) is 0.486. The van der Waals surface area contributed by atoms with Crippen LogP contribution in [-0.4, -0.2) is 3.21 Å². The Morgan fingerprint density at radius 2 is 1.34 bits per heavy atom. The first-order valence-corrected chi connectivity index (χ1v) is 14.8. The number of hydrogen-bond donors (Lipinski definition) is 0. The van der Waals surface area contributed by atoms with Crippen molar-refractivity contribution < 1.29 is 49.0 Å². The van der Waals surface area contributed by atoms with Gasteiger partial charge in [0.05, 0.1) is 0 Å². The molecule has 0 N–H and O–H groups in total. The summed E-state index contributed by atoms with van der Waals surface area (Å²) in [7, 11) is 0. The van der Waals surface area contributed by atoms with Crippen LogP contribution in [0.1, 0.15) is 117 Å². The van der Waals surface area contributed by atoms with Crippen LogP contribution in [-0.2, 0) is 46.9 Å². The van der Waals surface area contributed by atoms with Gasteiger partial charge in [0.25, 0.3) is 0 Å². The summed E-state index contributed by atoms with van der Waals surface area (Å²) in [5.74, 6) is 0. The predicted molar refractivity (Wildman–Crippen MR) is 157 cm³/mol. The quantitative estimate of drug-likeness (QED) is 0.302. The maximum absolute atomic E-state index is 3.53. The van der Waals surface area contributed by atoms with Crippen molar-refractivity contribution in [1.82, 2.24) is 0 Å². The summed E-state index contributed by atoms with van der Waals surface area (Å²) in [4.78, 5) is 0. The van der Waals surface area contributed by atoms with E-state index in [9.17, 15) is 0 Å². The molecular weight excluding hydrogens is 583 g/mol. The molecule has 0 saturated heterocycles. The van der Waals surface area contributed by atoms with Crippen LogP contribution in [0.5, 0.6) is 0 Å². The first kappa shape index (κ1) is 37.1. The van der Waals surface area contributed by atoms with E-state index in [2.05, 4.69) is 137 Å². The number of hydrogen-bond acceptors (Lipinski definition) is 0. The molecule has 3 aromatic carbocycles. The molecule has 0 heterocycles. The molecule has 3 heteroatoms. The molecule has 1 aliphatic rings. The minimum atomic E-state index is 0. The number of halogens is 2. The van der Waals surface area contributed by atoms with Crippen molar-refractivity contribution in [3.8, 4) is 11.1 Å². The van der Waals surface area contributed by atoms with Crippen LogP contribution in [0.4, 0.5) is 0 Å². The van der Waals surface area contributed by atoms with Crippen LogP contribution in [0.15, 0.2) is 54.6 Å². The average Bonchev–Trinajstić information content (AvgIpc) is 3.45. The average molecular weight is 631 g/mol. The van der Waals surface area contributed by atoms with Gasteiger partial charge in [0.1, 0.15) is 0 Å². The van der Waals surface area contributed by atoms with Crippen LogP contribution >= 0.6 is 0 Å². The van der Waals surface area contributed by atoms with E-state index >= 15 is 0 Å². The summed E-state index contributed by atoms with van der Waals surface area (Å²) in [6.07, 6.45) is 3.49. The molecule has 0 spiro atoms. The van der Waals surface area contributed by atoms with Crippen LogP contribution in [0.3, 0.4) is 0 Å². The van der Waals surface area contributed by atoms with Crippen LogP contribution < -0.4 is 24.8 Å². The van der Waals surface area contributed by atoms with Gasteiger partial charge in [0, 0.05) is 0 Å². The molecule has 1 aliphatic carbocycles. The maximum Gasteiger partial charge on any atom is -1.00 e. The molecule has 0 radical (unpaired) electrons. The van der Waals surface area contributed by atoms with Gasteiger partial charge in [-0.15, -0.1) is 5.56 Å². The molecule has 0 bridgehead atoms. The molecule has 0 saturated carbocycles. The van der Waals surface area contributed by atoms with Gasteiger partial charge >= 0.3 is 41.3 Å². The number of rotatable bonds is 3. The van der Waals surface area contributed by atoms with Crippen molar-refractivity contribution in [1.29, 1.82) is 0 Å². The van der Waals surface area contributed by atoms with E-state index in [0.29, 0.717) is 5.41 Å². The summed E-state index contributed by atoms with van der Waals surface area (Å²) in [5.41, 5.74) is 10.7. The summed E-state index contributed by atoms with van der Waals surface area (Å²) in [5, 5.41) is 0. The van der Waals surface area contributed by atoms with Gasteiger partial charge < -0.3 is 24.8 Å². The topological polar surface area (TPSA) is 0 Å². The van der Waals surface area contributed by atoms with Crippen molar-refractivity contribution in [2.45, 2.75) is 112 Å². The van der Waals surface area contributed by atoms with E-state index in [1.807, 2.05) is 0 Å². The fourth-order valence-corrected chi connectivity index (χ4v) is 4.42. The standard InChI is InChI=1S/C21H25.C11H17.C3H6.2ClH.Zr/c1-20(2,3)16-9-7-14-11-15-8-10-17(21(4,5)6)13-19(15)18(14)12-16;1-4-11(3,5-2)10-8-6-7-9-10;1-3-2;;;/h7,9-10,12-13H,11H2,1-6H3;6-9H,4-5H2,1-3H3;1-2H3;2*1H;/q2*-1;;;;+2/p-2. The third-order valence-electron chi connectivity index (χ3n) is 7.45. The third kappa shape index (κ3) is 9.95. The minimum absolute atomic E-state index is 0. The van der Waals surface area contributed by atoms with Gasteiger partial charge in [-0.1, -0.05) is 115 Å². The monoisotopic (exact) mass is 628 g/mol. The summed E-state index contributed by atoms with van der Waals surface area (Å²) in [6, 6.07) is 23.8. The number of benzene rings is 2. The SMILES string of the molecule is CC(C)(C)c1c[c-]c2c(c1)-c1cc(C(C)(C)C)ccc1C2.CCC(C)(CC)c1cc[cH-]c1.C[C](C)=[Zr+2].[Cl-].[Cl-]. The Kier molecular flexibility index (Phi) is 14.9. The molecule has 0 amide bonds. The third-order valence-corrected chi connectivity index (χ3v) is 7.45. The van der Waals surface area contributed by atoms with Crippen LogP contribution in [0.2, 0.25) is 0 Å². The van der Waals surface area contributed by atoms with E-state index in [1.54, 1.807) is 24.2 Å². The second kappa shape index (κ2) is 15.2. The molecule has 0 nitrogen and oxygen atoms in total. The maximum atomic E-state index is 3.53. The van der Waals surface area contributed by atoms with Crippen molar-refractivity contribution >= 4 is 3.21 Å². The molecule has 0 unspecified atom stereocenters. The summed E-state index contributed by atoms with van der Waals surface area (Å²) < 4.78 is 1.51. The Morgan fingerprint density at radius 3 is 1.79 bits per heavy atom. The summed E-state index contributed by atoms with van der Waals surface area (Å²) in [6.45, 7) is 24.7. The molecule has 38 heavy (non-hydrogen) atoms. The van der Waals surface area contributed by atoms with Gasteiger partial charge in [-0.2, -0.15) is 53.1 Å². The molecular formula is C35H48Cl2Zr-2. The zero-order valence-electron chi connectivity index (χ0n) is 25.6. The molecule has 0 aromatic heterocycles. The van der Waals surface area contributed by atoms with Gasteiger partial charge in [0.2, 0.25) is 0 Å². The fourth-order valence-electron chi connectivity index (χ4n) is 4.42. The molecule has 3 aromatic rings. The molecule has 0 aliphatic heterocycles. The van der Waals surface area contributed by atoms with Gasteiger partial charge in [-0.05, 0) is 17.4 Å². The normalized spacial score (nSPS) is 11.9. The second-order valence-corrected chi connectivity index (χ2v) is 15.2. The minimum Gasteiger partial charge on any atom is -1.00 e. The van der Waals surface area contributed by atoms with Crippen molar-refractivity contribution in [3.05, 3.63) is 88.5 Å². The van der Waals surface area contributed by atoms with E-state index < -0.39 is 0 Å². The van der Waals surface area contributed by atoms with Gasteiger partial charge in [-0.25, -0.2) is 6.07 Å². The Balaban J connectivity index is 0.000000684. The van der Waals surface area contributed by atoms with Crippen LogP contribution in [0, 0.1) is 6.07 Å².